The molecule has 1 atom stereocenters. The van der Waals surface area contributed by atoms with Crippen LogP contribution in [0.1, 0.15) is 19.4 Å². The summed E-state index contributed by atoms with van der Waals surface area (Å²) in [5, 5.41) is -0.0231. The zero-order valence-electron chi connectivity index (χ0n) is 11.5. The largest absolute Gasteiger partial charge is 0.481 e. The lowest BCUT2D eigenvalue weighted by molar-refractivity contribution is -0.136. The standard InChI is InChI=1S/C15H13F3N2O/c1-8(2)12-7-20-11-4-3-10-13(14(11)21-12)9(5-6-19-10)15(16,17)18/h3-8,12H,1-2H3. The van der Waals surface area contributed by atoms with Crippen LogP contribution in [0.5, 0.6) is 5.75 Å². The third-order valence-electron chi connectivity index (χ3n) is 3.42. The molecule has 1 unspecified atom stereocenters. The maximum atomic E-state index is 13.2. The monoisotopic (exact) mass is 294 g/mol. The minimum absolute atomic E-state index is 0.0231. The molecule has 0 N–H and O–H groups in total. The van der Waals surface area contributed by atoms with Gasteiger partial charge in [-0.1, -0.05) is 13.8 Å². The average molecular weight is 294 g/mol. The van der Waals surface area contributed by atoms with E-state index in [4.69, 9.17) is 4.74 Å². The van der Waals surface area contributed by atoms with E-state index >= 15 is 0 Å². The van der Waals surface area contributed by atoms with E-state index in [0.29, 0.717) is 5.69 Å². The Morgan fingerprint density at radius 3 is 2.62 bits per heavy atom. The number of nitrogens with zero attached hydrogens (tertiary/aromatic N) is 2. The van der Waals surface area contributed by atoms with Crippen LogP contribution in [0.3, 0.4) is 0 Å². The van der Waals surface area contributed by atoms with Crippen LogP contribution in [0.25, 0.3) is 10.9 Å². The Bertz CT molecular complexity index is 723. The third kappa shape index (κ3) is 2.34. The van der Waals surface area contributed by atoms with Gasteiger partial charge >= 0.3 is 6.18 Å². The van der Waals surface area contributed by atoms with E-state index in [9.17, 15) is 13.2 Å². The summed E-state index contributed by atoms with van der Waals surface area (Å²) >= 11 is 0. The smallest absolute Gasteiger partial charge is 0.417 e. The van der Waals surface area contributed by atoms with Crippen molar-refractivity contribution in [1.29, 1.82) is 0 Å². The van der Waals surface area contributed by atoms with Crippen molar-refractivity contribution >= 4 is 22.8 Å². The summed E-state index contributed by atoms with van der Waals surface area (Å²) < 4.78 is 45.4. The van der Waals surface area contributed by atoms with Crippen LogP contribution < -0.4 is 4.74 Å². The third-order valence-corrected chi connectivity index (χ3v) is 3.42. The molecule has 2 aromatic rings. The molecule has 1 aromatic heterocycles. The quantitative estimate of drug-likeness (QED) is 0.782. The topological polar surface area (TPSA) is 34.5 Å². The Hall–Kier alpha value is -2.11. The first-order chi connectivity index (χ1) is 9.88. The van der Waals surface area contributed by atoms with E-state index in [-0.39, 0.29) is 28.7 Å². The second kappa shape index (κ2) is 4.72. The first-order valence-corrected chi connectivity index (χ1v) is 6.57. The minimum atomic E-state index is -4.46. The molecule has 1 aromatic carbocycles. The molecule has 3 rings (SSSR count). The van der Waals surface area contributed by atoms with Gasteiger partial charge in [-0.25, -0.2) is 0 Å². The number of ether oxygens (including phenoxy) is 1. The van der Waals surface area contributed by atoms with E-state index in [1.54, 1.807) is 12.3 Å². The van der Waals surface area contributed by atoms with Crippen molar-refractivity contribution < 1.29 is 17.9 Å². The molecule has 6 heteroatoms. The normalized spacial score (nSPS) is 17.9. The predicted molar refractivity (Wildman–Crippen MR) is 74.2 cm³/mol. The van der Waals surface area contributed by atoms with Gasteiger partial charge in [-0.2, -0.15) is 13.2 Å². The van der Waals surface area contributed by atoms with Gasteiger partial charge < -0.3 is 4.74 Å². The Morgan fingerprint density at radius 1 is 1.19 bits per heavy atom. The first-order valence-electron chi connectivity index (χ1n) is 6.57. The molecule has 0 spiro atoms. The molecule has 0 aliphatic carbocycles. The number of fused-ring (bicyclic) bond motifs is 3. The number of alkyl halides is 3. The summed E-state index contributed by atoms with van der Waals surface area (Å²) in [5.41, 5.74) is -0.0926. The predicted octanol–water partition coefficient (Wildman–Crippen LogP) is 4.37. The highest BCUT2D eigenvalue weighted by atomic mass is 19.4. The molecular formula is C15H13F3N2O. The molecule has 1 aliphatic rings. The van der Waals surface area contributed by atoms with Crippen LogP contribution in [-0.2, 0) is 6.18 Å². The number of hydrogen-bond acceptors (Lipinski definition) is 3. The maximum Gasteiger partial charge on any atom is 0.417 e. The van der Waals surface area contributed by atoms with Crippen LogP contribution in [0.2, 0.25) is 0 Å². The Balaban J connectivity index is 2.28. The summed E-state index contributed by atoms with van der Waals surface area (Å²) in [6.07, 6.45) is -2.02. The second-order valence-electron chi connectivity index (χ2n) is 5.27. The summed E-state index contributed by atoms with van der Waals surface area (Å²) in [6, 6.07) is 4.12. The first kappa shape index (κ1) is 13.9. The summed E-state index contributed by atoms with van der Waals surface area (Å²) in [7, 11) is 0. The van der Waals surface area contributed by atoms with Crippen LogP contribution in [0, 0.1) is 5.92 Å². The van der Waals surface area contributed by atoms with E-state index in [0.717, 1.165) is 12.3 Å². The molecule has 0 fully saturated rings. The molecule has 0 saturated carbocycles. The van der Waals surface area contributed by atoms with E-state index < -0.39 is 11.7 Å². The van der Waals surface area contributed by atoms with Crippen molar-refractivity contribution in [2.24, 2.45) is 10.9 Å². The van der Waals surface area contributed by atoms with Gasteiger partial charge in [0.2, 0.25) is 0 Å². The van der Waals surface area contributed by atoms with Gasteiger partial charge in [0.25, 0.3) is 0 Å². The summed E-state index contributed by atoms with van der Waals surface area (Å²) in [6.45, 7) is 3.85. The molecule has 1 aliphatic heterocycles. The molecule has 0 saturated heterocycles. The highest BCUT2D eigenvalue weighted by Gasteiger charge is 2.35. The fourth-order valence-corrected chi connectivity index (χ4v) is 2.29. The lowest BCUT2D eigenvalue weighted by atomic mass is 10.0. The molecule has 0 radical (unpaired) electrons. The van der Waals surface area contributed by atoms with Crippen molar-refractivity contribution in [2.45, 2.75) is 26.1 Å². The zero-order valence-corrected chi connectivity index (χ0v) is 11.5. The number of benzene rings is 1. The number of aliphatic imine (C=N–C) groups is 1. The van der Waals surface area contributed by atoms with Gasteiger partial charge in [-0.3, -0.25) is 9.98 Å². The van der Waals surface area contributed by atoms with Gasteiger partial charge in [0.1, 0.15) is 11.8 Å². The van der Waals surface area contributed by atoms with Crippen LogP contribution in [0.15, 0.2) is 29.4 Å². The van der Waals surface area contributed by atoms with E-state index in [1.807, 2.05) is 13.8 Å². The highest BCUT2D eigenvalue weighted by Crippen LogP contribution is 2.44. The minimum Gasteiger partial charge on any atom is -0.481 e. The summed E-state index contributed by atoms with van der Waals surface area (Å²) in [4.78, 5) is 8.23. The number of aromatic nitrogens is 1. The molecule has 2 heterocycles. The van der Waals surface area contributed by atoms with E-state index in [2.05, 4.69) is 9.98 Å². The van der Waals surface area contributed by atoms with Crippen molar-refractivity contribution in [2.75, 3.05) is 0 Å². The molecule has 0 amide bonds. The molecule has 0 bridgehead atoms. The van der Waals surface area contributed by atoms with Gasteiger partial charge in [0.05, 0.1) is 16.5 Å². The average Bonchev–Trinajstić information content (AvgIpc) is 2.44. The van der Waals surface area contributed by atoms with Crippen LogP contribution in [0.4, 0.5) is 18.9 Å². The van der Waals surface area contributed by atoms with Crippen LogP contribution in [-0.4, -0.2) is 17.3 Å². The van der Waals surface area contributed by atoms with Crippen molar-refractivity contribution in [3.63, 3.8) is 0 Å². The number of hydrogen-bond donors (Lipinski definition) is 0. The van der Waals surface area contributed by atoms with Gasteiger partial charge in [-0.15, -0.1) is 0 Å². The fraction of sp³-hybridized carbons (Fsp3) is 0.333. The zero-order chi connectivity index (χ0) is 15.2. The number of rotatable bonds is 1. The molecule has 3 nitrogen and oxygen atoms in total. The lowest BCUT2D eigenvalue weighted by Gasteiger charge is -2.25. The molecule has 21 heavy (non-hydrogen) atoms. The Kier molecular flexibility index (Phi) is 3.11. The number of pyridine rings is 1. The SMILES string of the molecule is CC(C)C1C=Nc2ccc3nccc(C(F)(F)F)c3c2O1. The van der Waals surface area contributed by atoms with Gasteiger partial charge in [0, 0.05) is 12.4 Å². The Morgan fingerprint density at radius 2 is 1.95 bits per heavy atom. The lowest BCUT2D eigenvalue weighted by Crippen LogP contribution is -2.27. The van der Waals surface area contributed by atoms with Crippen molar-refractivity contribution in [3.05, 3.63) is 30.0 Å². The van der Waals surface area contributed by atoms with Gasteiger partial charge in [0.15, 0.2) is 5.75 Å². The fourth-order valence-electron chi connectivity index (χ4n) is 2.29. The maximum absolute atomic E-state index is 13.2. The van der Waals surface area contributed by atoms with E-state index in [1.165, 1.54) is 6.07 Å². The van der Waals surface area contributed by atoms with Crippen molar-refractivity contribution in [3.8, 4) is 5.75 Å². The second-order valence-corrected chi connectivity index (χ2v) is 5.27. The highest BCUT2D eigenvalue weighted by molar-refractivity contribution is 5.95. The van der Waals surface area contributed by atoms with Crippen LogP contribution >= 0.6 is 0 Å². The van der Waals surface area contributed by atoms with Crippen molar-refractivity contribution in [1.82, 2.24) is 4.98 Å². The summed E-state index contributed by atoms with van der Waals surface area (Å²) in [5.74, 6) is 0.275. The molecular weight excluding hydrogens is 281 g/mol. The Labute approximate surface area is 119 Å². The number of halogens is 3. The van der Waals surface area contributed by atoms with Gasteiger partial charge in [-0.05, 0) is 24.1 Å². The molecule has 110 valence electrons.